The number of benzene rings is 3. The van der Waals surface area contributed by atoms with Gasteiger partial charge in [-0.15, -0.1) is 0 Å². The summed E-state index contributed by atoms with van der Waals surface area (Å²) in [5.41, 5.74) is 2.06. The van der Waals surface area contributed by atoms with Crippen molar-refractivity contribution in [1.29, 1.82) is 0 Å². The van der Waals surface area contributed by atoms with Gasteiger partial charge in [0.15, 0.2) is 0 Å². The van der Waals surface area contributed by atoms with E-state index in [2.05, 4.69) is 4.90 Å². The van der Waals surface area contributed by atoms with Gasteiger partial charge in [0.1, 0.15) is 23.9 Å². The smallest absolute Gasteiger partial charge is 0.253 e. The number of hydrogen-bond acceptors (Lipinski definition) is 4. The van der Waals surface area contributed by atoms with Gasteiger partial charge in [-0.2, -0.15) is 0 Å². The summed E-state index contributed by atoms with van der Waals surface area (Å²) in [6, 6.07) is 19.3. The van der Waals surface area contributed by atoms with Crippen LogP contribution in [0.15, 0.2) is 66.7 Å². The van der Waals surface area contributed by atoms with Gasteiger partial charge in [-0.3, -0.25) is 9.69 Å². The summed E-state index contributed by atoms with van der Waals surface area (Å²) >= 11 is 5.92. The van der Waals surface area contributed by atoms with Gasteiger partial charge in [0.05, 0.1) is 7.11 Å². The Bertz CT molecular complexity index is 1100. The second-order valence-corrected chi connectivity index (χ2v) is 8.37. The number of piperazine rings is 1. The molecule has 3 aromatic carbocycles. The molecular weight excluding hydrogens is 443 g/mol. The molecule has 0 bridgehead atoms. The van der Waals surface area contributed by atoms with E-state index in [0.29, 0.717) is 60.4 Å². The minimum absolute atomic E-state index is 0.0315. The third-order valence-electron chi connectivity index (χ3n) is 5.75. The maximum absolute atomic E-state index is 13.9. The molecule has 1 fully saturated rings. The Morgan fingerprint density at radius 3 is 2.39 bits per heavy atom. The highest BCUT2D eigenvalue weighted by Crippen LogP contribution is 2.24. The van der Waals surface area contributed by atoms with Crippen LogP contribution in [0.25, 0.3) is 0 Å². The first kappa shape index (κ1) is 23.1. The molecule has 0 N–H and O–H groups in total. The average molecular weight is 469 g/mol. The first-order chi connectivity index (χ1) is 16.0. The zero-order valence-corrected chi connectivity index (χ0v) is 19.2. The summed E-state index contributed by atoms with van der Waals surface area (Å²) in [5, 5.41) is 0.640. The van der Waals surface area contributed by atoms with Gasteiger partial charge in [-0.05, 0) is 48.5 Å². The normalized spacial score (nSPS) is 14.2. The van der Waals surface area contributed by atoms with Crippen LogP contribution in [-0.4, -0.2) is 49.0 Å². The summed E-state index contributed by atoms with van der Waals surface area (Å²) in [4.78, 5) is 17.1. The second kappa shape index (κ2) is 10.7. The Kier molecular flexibility index (Phi) is 7.47. The Hall–Kier alpha value is -3.09. The van der Waals surface area contributed by atoms with Crippen molar-refractivity contribution in [1.82, 2.24) is 9.80 Å². The number of carbonyl (C=O) groups is 1. The van der Waals surface area contributed by atoms with Crippen molar-refractivity contribution in [3.05, 3.63) is 94.3 Å². The van der Waals surface area contributed by atoms with Crippen molar-refractivity contribution < 1.29 is 18.7 Å². The fourth-order valence-electron chi connectivity index (χ4n) is 3.88. The van der Waals surface area contributed by atoms with E-state index < -0.39 is 0 Å². The van der Waals surface area contributed by atoms with Crippen LogP contribution in [0.5, 0.6) is 11.5 Å². The molecule has 0 unspecified atom stereocenters. The molecule has 0 spiro atoms. The van der Waals surface area contributed by atoms with Crippen LogP contribution in [0.4, 0.5) is 4.39 Å². The number of nitrogens with zero attached hydrogens (tertiary/aromatic N) is 2. The molecule has 1 aliphatic rings. The largest absolute Gasteiger partial charge is 0.496 e. The lowest BCUT2D eigenvalue weighted by molar-refractivity contribution is 0.0627. The molecule has 0 saturated carbocycles. The number of halogens is 2. The van der Waals surface area contributed by atoms with E-state index in [1.54, 1.807) is 55.6 Å². The van der Waals surface area contributed by atoms with E-state index in [-0.39, 0.29) is 18.3 Å². The molecule has 172 valence electrons. The molecule has 0 aliphatic carbocycles. The third kappa shape index (κ3) is 5.83. The van der Waals surface area contributed by atoms with Gasteiger partial charge < -0.3 is 14.4 Å². The minimum atomic E-state index is -0.192. The summed E-state index contributed by atoms with van der Waals surface area (Å²) in [6.45, 7) is 3.39. The van der Waals surface area contributed by atoms with Crippen molar-refractivity contribution >= 4 is 17.5 Å². The molecule has 33 heavy (non-hydrogen) atoms. The maximum atomic E-state index is 13.9. The third-order valence-corrected chi connectivity index (χ3v) is 6.00. The van der Waals surface area contributed by atoms with Gasteiger partial charge in [-0.1, -0.05) is 29.8 Å². The van der Waals surface area contributed by atoms with E-state index >= 15 is 0 Å². The molecule has 1 heterocycles. The van der Waals surface area contributed by atoms with Crippen molar-refractivity contribution in [2.75, 3.05) is 33.3 Å². The van der Waals surface area contributed by atoms with Gasteiger partial charge in [0.2, 0.25) is 0 Å². The number of hydrogen-bond donors (Lipinski definition) is 0. The van der Waals surface area contributed by atoms with Gasteiger partial charge in [0, 0.05) is 54.4 Å². The molecule has 1 amide bonds. The van der Waals surface area contributed by atoms with Crippen LogP contribution in [0, 0.1) is 5.82 Å². The molecule has 7 heteroatoms. The number of methoxy groups -OCH3 is 1. The van der Waals surface area contributed by atoms with Gasteiger partial charge >= 0.3 is 0 Å². The first-order valence-electron chi connectivity index (χ1n) is 10.8. The summed E-state index contributed by atoms with van der Waals surface area (Å²) in [7, 11) is 1.59. The van der Waals surface area contributed by atoms with Crippen molar-refractivity contribution in [2.24, 2.45) is 0 Å². The fourth-order valence-corrected chi connectivity index (χ4v) is 4.00. The van der Waals surface area contributed by atoms with Crippen LogP contribution in [0.3, 0.4) is 0 Å². The standard InChI is InChI=1S/C26H26ClFN2O3/c1-32-25-11-6-19(16-21(25)18-33-23-9-7-22(27)8-10-23)26(31)30-14-12-29(13-15-30)17-20-4-2-3-5-24(20)28/h2-11,16H,12-15,17-18H2,1H3. The molecule has 3 aromatic rings. The van der Waals surface area contributed by atoms with Crippen molar-refractivity contribution in [2.45, 2.75) is 13.2 Å². The van der Waals surface area contributed by atoms with Crippen LogP contribution in [-0.2, 0) is 13.2 Å². The number of rotatable bonds is 7. The summed E-state index contributed by atoms with van der Waals surface area (Å²) in [5.74, 6) is 1.12. The maximum Gasteiger partial charge on any atom is 0.253 e. The summed E-state index contributed by atoms with van der Waals surface area (Å²) < 4.78 is 25.2. The molecule has 0 radical (unpaired) electrons. The van der Waals surface area contributed by atoms with Crippen molar-refractivity contribution in [3.8, 4) is 11.5 Å². The van der Waals surface area contributed by atoms with Gasteiger partial charge in [-0.25, -0.2) is 4.39 Å². The molecule has 1 saturated heterocycles. The lowest BCUT2D eigenvalue weighted by Gasteiger charge is -2.35. The van der Waals surface area contributed by atoms with E-state index in [1.807, 2.05) is 17.0 Å². The van der Waals surface area contributed by atoms with E-state index in [0.717, 1.165) is 5.56 Å². The lowest BCUT2D eigenvalue weighted by atomic mass is 10.1. The fraction of sp³-hybridized carbons (Fsp3) is 0.269. The molecule has 0 atom stereocenters. The summed E-state index contributed by atoms with van der Waals surface area (Å²) in [6.07, 6.45) is 0. The molecular formula is C26H26ClFN2O3. The van der Waals surface area contributed by atoms with Crippen LogP contribution < -0.4 is 9.47 Å². The topological polar surface area (TPSA) is 42.0 Å². The van der Waals surface area contributed by atoms with E-state index in [1.165, 1.54) is 6.07 Å². The average Bonchev–Trinajstić information content (AvgIpc) is 2.85. The minimum Gasteiger partial charge on any atom is -0.496 e. The predicted octanol–water partition coefficient (Wildman–Crippen LogP) is 5.02. The first-order valence-corrected chi connectivity index (χ1v) is 11.2. The second-order valence-electron chi connectivity index (χ2n) is 7.93. The monoisotopic (exact) mass is 468 g/mol. The highest BCUT2D eigenvalue weighted by molar-refractivity contribution is 6.30. The Morgan fingerprint density at radius 2 is 1.70 bits per heavy atom. The van der Waals surface area contributed by atoms with Gasteiger partial charge in [0.25, 0.3) is 5.91 Å². The molecule has 1 aliphatic heterocycles. The quantitative estimate of drug-likeness (QED) is 0.488. The molecule has 5 nitrogen and oxygen atoms in total. The lowest BCUT2D eigenvalue weighted by Crippen LogP contribution is -2.48. The van der Waals surface area contributed by atoms with Crippen LogP contribution in [0.1, 0.15) is 21.5 Å². The van der Waals surface area contributed by atoms with E-state index in [9.17, 15) is 9.18 Å². The predicted molar refractivity (Wildman–Crippen MR) is 126 cm³/mol. The zero-order chi connectivity index (χ0) is 23.2. The number of amides is 1. The SMILES string of the molecule is COc1ccc(C(=O)N2CCN(Cc3ccccc3F)CC2)cc1COc1ccc(Cl)cc1. The molecule has 0 aromatic heterocycles. The van der Waals surface area contributed by atoms with Crippen molar-refractivity contribution in [3.63, 3.8) is 0 Å². The van der Waals surface area contributed by atoms with Crippen LogP contribution in [0.2, 0.25) is 5.02 Å². The number of ether oxygens (including phenoxy) is 2. The van der Waals surface area contributed by atoms with Crippen LogP contribution >= 0.6 is 11.6 Å². The Morgan fingerprint density at radius 1 is 0.970 bits per heavy atom. The number of carbonyl (C=O) groups excluding carboxylic acids is 1. The highest BCUT2D eigenvalue weighted by atomic mass is 35.5. The highest BCUT2D eigenvalue weighted by Gasteiger charge is 2.23. The Balaban J connectivity index is 1.38. The molecule has 4 rings (SSSR count). The zero-order valence-electron chi connectivity index (χ0n) is 18.5. The Labute approximate surface area is 198 Å². The van der Waals surface area contributed by atoms with E-state index in [4.69, 9.17) is 21.1 Å².